The summed E-state index contributed by atoms with van der Waals surface area (Å²) in [6, 6.07) is 5.02. The standard InChI is InChI=1S/C11H10F3IN2/c1-6-9-7(16)3-2-4-8(9)17(10(6)15)5-11(12,13)14/h2-4H,5,16H2,1H3. The van der Waals surface area contributed by atoms with Crippen molar-refractivity contribution in [2.75, 3.05) is 5.73 Å². The van der Waals surface area contributed by atoms with Gasteiger partial charge in [-0.2, -0.15) is 13.2 Å². The maximum Gasteiger partial charge on any atom is 0.406 e. The molecule has 2 N–H and O–H groups in total. The Labute approximate surface area is 110 Å². The van der Waals surface area contributed by atoms with E-state index in [0.717, 1.165) is 5.56 Å². The van der Waals surface area contributed by atoms with Crippen LogP contribution in [0.4, 0.5) is 18.9 Å². The molecule has 0 amide bonds. The van der Waals surface area contributed by atoms with Gasteiger partial charge in [0.2, 0.25) is 0 Å². The maximum atomic E-state index is 12.5. The fraction of sp³-hybridized carbons (Fsp3) is 0.273. The van der Waals surface area contributed by atoms with Gasteiger partial charge in [-0.15, -0.1) is 0 Å². The van der Waals surface area contributed by atoms with Gasteiger partial charge in [-0.3, -0.25) is 0 Å². The van der Waals surface area contributed by atoms with E-state index in [1.165, 1.54) is 4.57 Å². The number of nitrogens with zero attached hydrogens (tertiary/aromatic N) is 1. The molecule has 2 rings (SSSR count). The van der Waals surface area contributed by atoms with Crippen molar-refractivity contribution >= 4 is 39.2 Å². The molecule has 2 nitrogen and oxygen atoms in total. The van der Waals surface area contributed by atoms with Gasteiger partial charge in [0.1, 0.15) is 6.54 Å². The lowest BCUT2D eigenvalue weighted by molar-refractivity contribution is -0.140. The summed E-state index contributed by atoms with van der Waals surface area (Å²) in [5.41, 5.74) is 7.64. The van der Waals surface area contributed by atoms with Crippen molar-refractivity contribution in [1.29, 1.82) is 0 Å². The van der Waals surface area contributed by atoms with E-state index in [1.54, 1.807) is 25.1 Å². The third-order valence-electron chi connectivity index (χ3n) is 2.62. The van der Waals surface area contributed by atoms with E-state index in [0.29, 0.717) is 20.3 Å². The zero-order valence-corrected chi connectivity index (χ0v) is 11.1. The Hall–Kier alpha value is -0.920. The van der Waals surface area contributed by atoms with E-state index in [1.807, 2.05) is 22.6 Å². The second-order valence-corrected chi connectivity index (χ2v) is 4.88. The van der Waals surface area contributed by atoms with Crippen LogP contribution < -0.4 is 5.73 Å². The van der Waals surface area contributed by atoms with Gasteiger partial charge in [0.05, 0.1) is 9.22 Å². The molecule has 1 heterocycles. The zero-order valence-electron chi connectivity index (χ0n) is 8.98. The molecule has 0 radical (unpaired) electrons. The van der Waals surface area contributed by atoms with Crippen molar-refractivity contribution < 1.29 is 13.2 Å². The number of benzene rings is 1. The monoisotopic (exact) mass is 354 g/mol. The summed E-state index contributed by atoms with van der Waals surface area (Å²) >= 11 is 1.92. The molecule has 17 heavy (non-hydrogen) atoms. The maximum absolute atomic E-state index is 12.5. The highest BCUT2D eigenvalue weighted by Gasteiger charge is 2.30. The summed E-state index contributed by atoms with van der Waals surface area (Å²) in [5.74, 6) is 0. The highest BCUT2D eigenvalue weighted by atomic mass is 127. The highest BCUT2D eigenvalue weighted by molar-refractivity contribution is 14.1. The van der Waals surface area contributed by atoms with Crippen LogP contribution in [0.2, 0.25) is 0 Å². The molecule has 0 aliphatic heterocycles. The lowest BCUT2D eigenvalue weighted by atomic mass is 10.1. The smallest absolute Gasteiger partial charge is 0.398 e. The highest BCUT2D eigenvalue weighted by Crippen LogP contribution is 2.33. The van der Waals surface area contributed by atoms with Crippen molar-refractivity contribution in [3.05, 3.63) is 27.5 Å². The second kappa shape index (κ2) is 4.08. The van der Waals surface area contributed by atoms with Crippen LogP contribution in [-0.4, -0.2) is 10.7 Å². The lowest BCUT2D eigenvalue weighted by Crippen LogP contribution is -2.18. The number of aromatic nitrogens is 1. The van der Waals surface area contributed by atoms with Crippen LogP contribution >= 0.6 is 22.6 Å². The Balaban J connectivity index is 2.72. The second-order valence-electron chi connectivity index (χ2n) is 3.86. The first-order valence-electron chi connectivity index (χ1n) is 4.91. The molecular weight excluding hydrogens is 344 g/mol. The first-order chi connectivity index (χ1) is 7.81. The predicted octanol–water partition coefficient (Wildman–Crippen LogP) is 3.70. The van der Waals surface area contributed by atoms with E-state index >= 15 is 0 Å². The number of hydrogen-bond donors (Lipinski definition) is 1. The summed E-state index contributed by atoms with van der Waals surface area (Å²) < 4.78 is 39.3. The Morgan fingerprint density at radius 3 is 2.59 bits per heavy atom. The molecule has 2 aromatic rings. The first kappa shape index (κ1) is 12.5. The van der Waals surface area contributed by atoms with Gasteiger partial charge in [-0.25, -0.2) is 0 Å². The van der Waals surface area contributed by atoms with Gasteiger partial charge in [0.25, 0.3) is 0 Å². The van der Waals surface area contributed by atoms with Gasteiger partial charge in [0.15, 0.2) is 0 Å². The Morgan fingerprint density at radius 1 is 1.35 bits per heavy atom. The van der Waals surface area contributed by atoms with Crippen molar-refractivity contribution in [3.8, 4) is 0 Å². The number of alkyl halides is 3. The molecule has 0 fully saturated rings. The van der Waals surface area contributed by atoms with Gasteiger partial charge < -0.3 is 10.3 Å². The van der Waals surface area contributed by atoms with E-state index in [9.17, 15) is 13.2 Å². The minimum Gasteiger partial charge on any atom is -0.398 e. The van der Waals surface area contributed by atoms with Crippen LogP contribution in [0.1, 0.15) is 5.56 Å². The summed E-state index contributed by atoms with van der Waals surface area (Å²) in [6.07, 6.45) is -4.23. The number of hydrogen-bond acceptors (Lipinski definition) is 1. The van der Waals surface area contributed by atoms with Gasteiger partial charge in [-0.05, 0) is 47.2 Å². The number of nitrogen functional groups attached to an aromatic ring is 1. The first-order valence-corrected chi connectivity index (χ1v) is 5.98. The molecule has 0 spiro atoms. The molecule has 1 aromatic carbocycles. The summed E-state index contributed by atoms with van der Waals surface area (Å²) in [6.45, 7) is 0.798. The van der Waals surface area contributed by atoms with Crippen LogP contribution in [0.25, 0.3) is 10.9 Å². The van der Waals surface area contributed by atoms with Crippen molar-refractivity contribution in [2.45, 2.75) is 19.6 Å². The lowest BCUT2D eigenvalue weighted by Gasteiger charge is -2.10. The molecule has 0 unspecified atom stereocenters. The van der Waals surface area contributed by atoms with Crippen LogP contribution in [0.5, 0.6) is 0 Å². The van der Waals surface area contributed by atoms with E-state index < -0.39 is 12.7 Å². The fourth-order valence-electron chi connectivity index (χ4n) is 1.94. The summed E-state index contributed by atoms with van der Waals surface area (Å²) in [4.78, 5) is 0. The predicted molar refractivity (Wildman–Crippen MR) is 69.9 cm³/mol. The number of aryl methyl sites for hydroxylation is 1. The quantitative estimate of drug-likeness (QED) is 0.615. The van der Waals surface area contributed by atoms with Crippen LogP contribution in [0, 0.1) is 10.6 Å². The molecule has 1 aromatic heterocycles. The largest absolute Gasteiger partial charge is 0.406 e. The third-order valence-corrected chi connectivity index (χ3v) is 4.02. The van der Waals surface area contributed by atoms with Crippen LogP contribution in [-0.2, 0) is 6.54 Å². The fourth-order valence-corrected chi connectivity index (χ4v) is 2.64. The Bertz CT molecular complexity index is 572. The minimum atomic E-state index is -4.23. The number of halogens is 4. The topological polar surface area (TPSA) is 30.9 Å². The van der Waals surface area contributed by atoms with E-state index in [-0.39, 0.29) is 0 Å². The zero-order chi connectivity index (χ0) is 12.8. The SMILES string of the molecule is Cc1c(I)n(CC(F)(F)F)c2cccc(N)c12. The molecule has 0 aliphatic carbocycles. The number of fused-ring (bicyclic) bond motifs is 1. The minimum absolute atomic E-state index is 0.513. The van der Waals surface area contributed by atoms with Gasteiger partial charge in [-0.1, -0.05) is 6.07 Å². The van der Waals surface area contributed by atoms with Crippen molar-refractivity contribution in [1.82, 2.24) is 4.57 Å². The van der Waals surface area contributed by atoms with E-state index in [2.05, 4.69) is 0 Å². The van der Waals surface area contributed by atoms with Gasteiger partial charge >= 0.3 is 6.18 Å². The number of rotatable bonds is 1. The molecule has 92 valence electrons. The molecule has 0 bridgehead atoms. The Kier molecular flexibility index (Phi) is 3.01. The summed E-state index contributed by atoms with van der Waals surface area (Å²) in [7, 11) is 0. The molecular formula is C11H10F3IN2. The average Bonchev–Trinajstić information content (AvgIpc) is 2.43. The average molecular weight is 354 g/mol. The van der Waals surface area contributed by atoms with Crippen LogP contribution in [0.3, 0.4) is 0 Å². The van der Waals surface area contributed by atoms with Gasteiger partial charge in [0, 0.05) is 11.1 Å². The molecule has 0 atom stereocenters. The Morgan fingerprint density at radius 2 is 2.00 bits per heavy atom. The molecule has 0 saturated heterocycles. The number of nitrogens with two attached hydrogens (primary N) is 1. The van der Waals surface area contributed by atoms with Crippen molar-refractivity contribution in [3.63, 3.8) is 0 Å². The molecule has 6 heteroatoms. The summed E-state index contributed by atoms with van der Waals surface area (Å²) in [5, 5.41) is 0.709. The van der Waals surface area contributed by atoms with E-state index in [4.69, 9.17) is 5.73 Å². The number of anilines is 1. The molecule has 0 saturated carbocycles. The van der Waals surface area contributed by atoms with Crippen LogP contribution in [0.15, 0.2) is 18.2 Å². The third kappa shape index (κ3) is 2.22. The molecule has 0 aliphatic rings. The van der Waals surface area contributed by atoms with Crippen molar-refractivity contribution in [2.24, 2.45) is 0 Å². The normalized spacial score (nSPS) is 12.3.